The van der Waals surface area contributed by atoms with E-state index in [0.29, 0.717) is 6.54 Å². The zero-order valence-electron chi connectivity index (χ0n) is 14.8. The lowest BCUT2D eigenvalue weighted by molar-refractivity contribution is 0.414. The highest BCUT2D eigenvalue weighted by Gasteiger charge is 2.09. The van der Waals surface area contributed by atoms with Crippen molar-refractivity contribution < 1.29 is 4.74 Å². The molecule has 0 atom stereocenters. The lowest BCUT2D eigenvalue weighted by Crippen LogP contribution is -2.06. The van der Waals surface area contributed by atoms with Crippen LogP contribution in [0.25, 0.3) is 16.9 Å². The van der Waals surface area contributed by atoms with E-state index in [9.17, 15) is 0 Å². The molecule has 0 aliphatic rings. The number of methoxy groups -OCH3 is 1. The molecule has 5 nitrogen and oxygen atoms in total. The van der Waals surface area contributed by atoms with Crippen molar-refractivity contribution in [2.45, 2.75) is 13.5 Å². The van der Waals surface area contributed by atoms with Crippen LogP contribution >= 0.6 is 0 Å². The Kier molecular flexibility index (Phi) is 4.27. The van der Waals surface area contributed by atoms with Gasteiger partial charge < -0.3 is 10.1 Å². The quantitative estimate of drug-likeness (QED) is 0.586. The molecule has 0 fully saturated rings. The highest BCUT2D eigenvalue weighted by Crippen LogP contribution is 2.23. The van der Waals surface area contributed by atoms with E-state index >= 15 is 0 Å². The molecular weight excluding hydrogens is 324 g/mol. The fourth-order valence-corrected chi connectivity index (χ4v) is 2.91. The van der Waals surface area contributed by atoms with Gasteiger partial charge in [-0.3, -0.25) is 0 Å². The van der Waals surface area contributed by atoms with Gasteiger partial charge >= 0.3 is 0 Å². The van der Waals surface area contributed by atoms with Crippen molar-refractivity contribution in [3.05, 3.63) is 78.0 Å². The Morgan fingerprint density at radius 1 is 1.00 bits per heavy atom. The minimum Gasteiger partial charge on any atom is -0.497 e. The van der Waals surface area contributed by atoms with Crippen LogP contribution in [0.1, 0.15) is 11.3 Å². The molecule has 0 radical (unpaired) electrons. The maximum atomic E-state index is 5.21. The summed E-state index contributed by atoms with van der Waals surface area (Å²) in [7, 11) is 1.67. The van der Waals surface area contributed by atoms with E-state index in [4.69, 9.17) is 9.72 Å². The van der Waals surface area contributed by atoms with Crippen LogP contribution in [0.3, 0.4) is 0 Å². The lowest BCUT2D eigenvalue weighted by atomic mass is 10.1. The molecule has 2 heterocycles. The van der Waals surface area contributed by atoms with Crippen LogP contribution in [0.4, 0.5) is 5.82 Å². The lowest BCUT2D eigenvalue weighted by Gasteiger charge is -2.11. The molecule has 130 valence electrons. The zero-order chi connectivity index (χ0) is 17.9. The highest BCUT2D eigenvalue weighted by molar-refractivity contribution is 5.66. The minimum atomic E-state index is 0.691. The molecule has 1 N–H and O–H groups in total. The van der Waals surface area contributed by atoms with Crippen LogP contribution in [0.15, 0.2) is 66.7 Å². The number of nitrogens with one attached hydrogen (secondary N) is 1. The fraction of sp³-hybridized carbons (Fsp3) is 0.143. The van der Waals surface area contributed by atoms with Gasteiger partial charge in [-0.05, 0) is 24.6 Å². The molecule has 4 aromatic rings. The van der Waals surface area contributed by atoms with Crippen molar-refractivity contribution >= 4 is 11.5 Å². The molecule has 0 amide bonds. The van der Waals surface area contributed by atoms with Gasteiger partial charge in [-0.25, -0.2) is 4.98 Å². The van der Waals surface area contributed by atoms with Crippen LogP contribution in [-0.4, -0.2) is 21.7 Å². The number of hydrogen-bond acceptors (Lipinski definition) is 4. The number of nitrogens with zero attached hydrogens (tertiary/aromatic N) is 3. The molecule has 4 rings (SSSR count). The van der Waals surface area contributed by atoms with Crippen molar-refractivity contribution in [1.82, 2.24) is 14.6 Å². The summed E-state index contributed by atoms with van der Waals surface area (Å²) in [6, 6.07) is 22.2. The van der Waals surface area contributed by atoms with Gasteiger partial charge in [-0.15, -0.1) is 0 Å². The topological polar surface area (TPSA) is 51.5 Å². The Morgan fingerprint density at radius 2 is 1.77 bits per heavy atom. The Hall–Kier alpha value is -3.34. The molecule has 0 saturated heterocycles. The first-order valence-corrected chi connectivity index (χ1v) is 8.52. The predicted molar refractivity (Wildman–Crippen MR) is 103 cm³/mol. The fourth-order valence-electron chi connectivity index (χ4n) is 2.91. The third-order valence-electron chi connectivity index (χ3n) is 4.25. The van der Waals surface area contributed by atoms with E-state index in [1.54, 1.807) is 7.11 Å². The van der Waals surface area contributed by atoms with E-state index in [-0.39, 0.29) is 0 Å². The largest absolute Gasteiger partial charge is 0.497 e. The number of rotatable bonds is 5. The normalized spacial score (nSPS) is 10.8. The Bertz CT molecular complexity index is 1020. The van der Waals surface area contributed by atoms with Gasteiger partial charge in [0.15, 0.2) is 5.65 Å². The van der Waals surface area contributed by atoms with Crippen LogP contribution in [0.2, 0.25) is 0 Å². The van der Waals surface area contributed by atoms with Crippen molar-refractivity contribution in [2.24, 2.45) is 0 Å². The minimum absolute atomic E-state index is 0.691. The monoisotopic (exact) mass is 344 g/mol. The molecule has 0 bridgehead atoms. The van der Waals surface area contributed by atoms with E-state index in [2.05, 4.69) is 34.7 Å². The number of aryl methyl sites for hydroxylation is 1. The maximum Gasteiger partial charge on any atom is 0.158 e. The van der Waals surface area contributed by atoms with Gasteiger partial charge in [0.2, 0.25) is 0 Å². The average Bonchev–Trinajstić information content (AvgIpc) is 3.07. The summed E-state index contributed by atoms with van der Waals surface area (Å²) in [4.78, 5) is 4.75. The number of fused-ring (bicyclic) bond motifs is 1. The average molecular weight is 344 g/mol. The first kappa shape index (κ1) is 16.1. The number of benzene rings is 2. The van der Waals surface area contributed by atoms with Crippen molar-refractivity contribution in [3.8, 4) is 17.0 Å². The molecule has 2 aromatic carbocycles. The first-order chi connectivity index (χ1) is 12.7. The van der Waals surface area contributed by atoms with E-state index < -0.39 is 0 Å². The smallest absolute Gasteiger partial charge is 0.158 e. The van der Waals surface area contributed by atoms with Gasteiger partial charge in [-0.2, -0.15) is 9.61 Å². The second kappa shape index (κ2) is 6.88. The van der Waals surface area contributed by atoms with Gasteiger partial charge in [0.1, 0.15) is 11.6 Å². The van der Waals surface area contributed by atoms with Gasteiger partial charge in [0.25, 0.3) is 0 Å². The Morgan fingerprint density at radius 3 is 2.50 bits per heavy atom. The summed E-state index contributed by atoms with van der Waals surface area (Å²) in [5.74, 6) is 1.77. The summed E-state index contributed by atoms with van der Waals surface area (Å²) >= 11 is 0. The highest BCUT2D eigenvalue weighted by atomic mass is 16.5. The molecule has 26 heavy (non-hydrogen) atoms. The Balaban J connectivity index is 1.68. The van der Waals surface area contributed by atoms with Crippen LogP contribution < -0.4 is 10.1 Å². The molecule has 0 aliphatic heterocycles. The van der Waals surface area contributed by atoms with Crippen molar-refractivity contribution in [2.75, 3.05) is 12.4 Å². The Labute approximate surface area is 152 Å². The van der Waals surface area contributed by atoms with Crippen LogP contribution in [0, 0.1) is 6.92 Å². The summed E-state index contributed by atoms with van der Waals surface area (Å²) in [6.45, 7) is 2.67. The van der Waals surface area contributed by atoms with E-state index in [1.165, 1.54) is 5.56 Å². The van der Waals surface area contributed by atoms with E-state index in [0.717, 1.165) is 34.2 Å². The van der Waals surface area contributed by atoms with Crippen molar-refractivity contribution in [3.63, 3.8) is 0 Å². The number of aromatic nitrogens is 3. The number of anilines is 1. The third-order valence-corrected chi connectivity index (χ3v) is 4.25. The van der Waals surface area contributed by atoms with Crippen LogP contribution in [0.5, 0.6) is 5.75 Å². The SMILES string of the molecule is COc1ccc(CNc2cc(-c3ccccc3)nc3cc(C)nn23)cc1. The molecule has 0 unspecified atom stereocenters. The number of ether oxygens (including phenoxy) is 1. The van der Waals surface area contributed by atoms with Gasteiger partial charge in [-0.1, -0.05) is 42.5 Å². The second-order valence-electron chi connectivity index (χ2n) is 6.15. The predicted octanol–water partition coefficient (Wildman–Crippen LogP) is 4.33. The summed E-state index contributed by atoms with van der Waals surface area (Å²) in [5.41, 5.74) is 4.95. The maximum absolute atomic E-state index is 5.21. The third kappa shape index (κ3) is 3.24. The number of hydrogen-bond donors (Lipinski definition) is 1. The molecule has 0 aliphatic carbocycles. The van der Waals surface area contributed by atoms with Gasteiger partial charge in [0, 0.05) is 24.2 Å². The first-order valence-electron chi connectivity index (χ1n) is 8.52. The van der Waals surface area contributed by atoms with E-state index in [1.807, 2.05) is 53.9 Å². The summed E-state index contributed by atoms with van der Waals surface area (Å²) < 4.78 is 7.07. The summed E-state index contributed by atoms with van der Waals surface area (Å²) in [6.07, 6.45) is 0. The summed E-state index contributed by atoms with van der Waals surface area (Å²) in [5, 5.41) is 8.04. The molecular formula is C21H20N4O. The molecule has 0 spiro atoms. The standard InChI is InChI=1S/C21H20N4O/c1-15-12-21-23-19(17-6-4-3-5-7-17)13-20(25(21)24-15)22-14-16-8-10-18(26-2)11-9-16/h3-13,22H,14H2,1-2H3. The van der Waals surface area contributed by atoms with Gasteiger partial charge in [0.05, 0.1) is 18.5 Å². The van der Waals surface area contributed by atoms with Crippen LogP contribution in [-0.2, 0) is 6.54 Å². The molecule has 5 heteroatoms. The zero-order valence-corrected chi connectivity index (χ0v) is 14.8. The second-order valence-corrected chi connectivity index (χ2v) is 6.15. The molecule has 2 aromatic heterocycles. The molecule has 0 saturated carbocycles. The van der Waals surface area contributed by atoms with Crippen molar-refractivity contribution in [1.29, 1.82) is 0 Å².